The molecule has 2 amide bonds. The van der Waals surface area contributed by atoms with Gasteiger partial charge in [-0.2, -0.15) is 0 Å². The lowest BCUT2D eigenvalue weighted by atomic mass is 9.96. The molecule has 0 aromatic heterocycles. The fourth-order valence-corrected chi connectivity index (χ4v) is 2.79. The van der Waals surface area contributed by atoms with E-state index in [1.54, 1.807) is 20.8 Å². The number of benzene rings is 1. The van der Waals surface area contributed by atoms with Crippen molar-refractivity contribution >= 4 is 12.0 Å². The second kappa shape index (κ2) is 7.59. The third kappa shape index (κ3) is 3.83. The van der Waals surface area contributed by atoms with Crippen LogP contribution in [0, 0.1) is 17.6 Å². The summed E-state index contributed by atoms with van der Waals surface area (Å²) in [7, 11) is 0. The maximum Gasteiger partial charge on any atom is 0.407 e. The van der Waals surface area contributed by atoms with E-state index >= 15 is 0 Å². The molecular weight excluding hydrogens is 318 g/mol. The van der Waals surface area contributed by atoms with Gasteiger partial charge >= 0.3 is 6.09 Å². The zero-order valence-electron chi connectivity index (χ0n) is 14.1. The Bertz CT molecular complexity index is 635. The van der Waals surface area contributed by atoms with Crippen molar-refractivity contribution in [2.75, 3.05) is 13.2 Å². The summed E-state index contributed by atoms with van der Waals surface area (Å²) in [5, 5.41) is 2.54. The number of halogens is 2. The minimum Gasteiger partial charge on any atom is -0.450 e. The molecule has 0 bridgehead atoms. The van der Waals surface area contributed by atoms with Crippen LogP contribution in [0.2, 0.25) is 0 Å². The minimum absolute atomic E-state index is 0.00845. The molecule has 1 aromatic carbocycles. The van der Waals surface area contributed by atoms with Gasteiger partial charge in [0.15, 0.2) is 0 Å². The Morgan fingerprint density at radius 2 is 1.88 bits per heavy atom. The third-order valence-corrected chi connectivity index (χ3v) is 4.09. The van der Waals surface area contributed by atoms with Crippen LogP contribution < -0.4 is 5.32 Å². The van der Waals surface area contributed by atoms with Gasteiger partial charge in [-0.1, -0.05) is 13.8 Å². The largest absolute Gasteiger partial charge is 0.450 e. The molecule has 5 nitrogen and oxygen atoms in total. The number of amides is 2. The Labute approximate surface area is 140 Å². The summed E-state index contributed by atoms with van der Waals surface area (Å²) >= 11 is 0. The number of carbonyl (C=O) groups excluding carboxylic acids is 2. The molecule has 1 unspecified atom stereocenters. The number of hydrogen-bond acceptors (Lipinski definition) is 3. The maximum atomic E-state index is 14.0. The quantitative estimate of drug-likeness (QED) is 0.917. The highest BCUT2D eigenvalue weighted by Crippen LogP contribution is 2.25. The summed E-state index contributed by atoms with van der Waals surface area (Å²) < 4.78 is 32.6. The van der Waals surface area contributed by atoms with Gasteiger partial charge in [0.25, 0.3) is 0 Å². The lowest BCUT2D eigenvalue weighted by molar-refractivity contribution is -0.135. The molecule has 7 heteroatoms. The normalized spacial score (nSPS) is 15.0. The minimum atomic E-state index is -0.776. The van der Waals surface area contributed by atoms with Crippen LogP contribution in [0.3, 0.4) is 0 Å². The van der Waals surface area contributed by atoms with Crippen LogP contribution in [0.5, 0.6) is 0 Å². The van der Waals surface area contributed by atoms with Crippen molar-refractivity contribution in [3.05, 3.63) is 34.9 Å². The van der Waals surface area contributed by atoms with E-state index in [0.29, 0.717) is 5.56 Å². The van der Waals surface area contributed by atoms with Crippen molar-refractivity contribution in [2.24, 2.45) is 5.92 Å². The smallest absolute Gasteiger partial charge is 0.407 e. The number of fused-ring (bicyclic) bond motifs is 1. The van der Waals surface area contributed by atoms with Crippen molar-refractivity contribution in [3.63, 3.8) is 0 Å². The lowest BCUT2D eigenvalue weighted by Crippen LogP contribution is -2.52. The molecule has 1 atom stereocenters. The highest BCUT2D eigenvalue weighted by atomic mass is 19.1. The van der Waals surface area contributed by atoms with Crippen LogP contribution in [-0.2, 0) is 22.5 Å². The van der Waals surface area contributed by atoms with E-state index in [9.17, 15) is 18.4 Å². The number of carbonyl (C=O) groups is 2. The molecule has 0 saturated heterocycles. The van der Waals surface area contributed by atoms with Crippen LogP contribution in [0.1, 0.15) is 31.9 Å². The molecule has 1 N–H and O–H groups in total. The Kier molecular flexibility index (Phi) is 5.75. The monoisotopic (exact) mass is 340 g/mol. The second-order valence-corrected chi connectivity index (χ2v) is 6.08. The zero-order chi connectivity index (χ0) is 17.9. The van der Waals surface area contributed by atoms with Crippen molar-refractivity contribution < 1.29 is 23.1 Å². The molecule has 0 saturated carbocycles. The molecular formula is C17H22F2N2O3. The molecule has 0 spiro atoms. The summed E-state index contributed by atoms with van der Waals surface area (Å²) in [5.74, 6) is -1.47. The number of nitrogens with one attached hydrogen (secondary N) is 1. The molecule has 2 rings (SSSR count). The van der Waals surface area contributed by atoms with Crippen molar-refractivity contribution in [2.45, 2.75) is 39.8 Å². The van der Waals surface area contributed by atoms with Gasteiger partial charge in [-0.05, 0) is 37.0 Å². The van der Waals surface area contributed by atoms with Crippen molar-refractivity contribution in [1.82, 2.24) is 10.2 Å². The van der Waals surface area contributed by atoms with E-state index in [1.807, 2.05) is 0 Å². The Morgan fingerprint density at radius 1 is 1.25 bits per heavy atom. The molecule has 1 heterocycles. The molecule has 0 fully saturated rings. The first-order valence-corrected chi connectivity index (χ1v) is 8.03. The van der Waals surface area contributed by atoms with E-state index in [2.05, 4.69) is 5.32 Å². The molecule has 0 aliphatic carbocycles. The van der Waals surface area contributed by atoms with Crippen LogP contribution in [-0.4, -0.2) is 36.1 Å². The number of nitrogens with zero attached hydrogens (tertiary/aromatic N) is 1. The van der Waals surface area contributed by atoms with Gasteiger partial charge in [0.1, 0.15) is 17.7 Å². The molecule has 1 aliphatic rings. The van der Waals surface area contributed by atoms with Crippen LogP contribution >= 0.6 is 0 Å². The predicted octanol–water partition coefficient (Wildman–Crippen LogP) is 2.62. The summed E-state index contributed by atoms with van der Waals surface area (Å²) in [6.45, 7) is 5.74. The van der Waals surface area contributed by atoms with Gasteiger partial charge in [-0.25, -0.2) is 13.6 Å². The maximum absolute atomic E-state index is 14.0. The summed E-state index contributed by atoms with van der Waals surface area (Å²) in [6, 6.07) is 1.39. The van der Waals surface area contributed by atoms with Crippen LogP contribution in [0.4, 0.5) is 13.6 Å². The van der Waals surface area contributed by atoms with Crippen molar-refractivity contribution in [1.29, 1.82) is 0 Å². The Morgan fingerprint density at radius 3 is 2.46 bits per heavy atom. The number of hydrogen-bond donors (Lipinski definition) is 1. The van der Waals surface area contributed by atoms with Crippen molar-refractivity contribution in [3.8, 4) is 0 Å². The topological polar surface area (TPSA) is 58.6 Å². The zero-order valence-corrected chi connectivity index (χ0v) is 14.1. The van der Waals surface area contributed by atoms with Gasteiger partial charge in [-0.15, -0.1) is 0 Å². The standard InChI is InChI=1S/C17H22F2N2O3/c1-4-24-17(23)20-15(10(2)3)16(22)21-8-7-11-12(9-21)14(19)6-5-13(11)18/h5-6,10,15H,4,7-9H2,1-3H3,(H,20,23). The Hall–Kier alpha value is -2.18. The van der Waals surface area contributed by atoms with E-state index in [1.165, 1.54) is 4.90 Å². The SMILES string of the molecule is CCOC(=O)NC(C(=O)N1CCc2c(F)ccc(F)c2C1)C(C)C. The first-order chi connectivity index (χ1) is 11.3. The van der Waals surface area contributed by atoms with Gasteiger partial charge in [-0.3, -0.25) is 4.79 Å². The summed E-state index contributed by atoms with van der Waals surface area (Å²) in [5.41, 5.74) is 0.520. The first-order valence-electron chi connectivity index (χ1n) is 8.03. The third-order valence-electron chi connectivity index (χ3n) is 4.09. The van der Waals surface area contributed by atoms with Gasteiger partial charge in [0, 0.05) is 18.7 Å². The molecule has 24 heavy (non-hydrogen) atoms. The van der Waals surface area contributed by atoms with Gasteiger partial charge in [0.05, 0.1) is 6.61 Å². The average molecular weight is 340 g/mol. The van der Waals surface area contributed by atoms with E-state index in [0.717, 1.165) is 12.1 Å². The number of rotatable bonds is 4. The lowest BCUT2D eigenvalue weighted by Gasteiger charge is -2.33. The highest BCUT2D eigenvalue weighted by Gasteiger charge is 2.32. The molecule has 0 radical (unpaired) electrons. The van der Waals surface area contributed by atoms with Gasteiger partial charge < -0.3 is 15.0 Å². The first kappa shape index (κ1) is 18.2. The predicted molar refractivity (Wildman–Crippen MR) is 84.3 cm³/mol. The molecule has 1 aliphatic heterocycles. The number of ether oxygens (including phenoxy) is 1. The highest BCUT2D eigenvalue weighted by molar-refractivity contribution is 5.86. The van der Waals surface area contributed by atoms with E-state index < -0.39 is 23.8 Å². The molecule has 132 valence electrons. The van der Waals surface area contributed by atoms with E-state index in [-0.39, 0.29) is 43.5 Å². The fraction of sp³-hybridized carbons (Fsp3) is 0.529. The van der Waals surface area contributed by atoms with Crippen LogP contribution in [0.25, 0.3) is 0 Å². The summed E-state index contributed by atoms with van der Waals surface area (Å²) in [4.78, 5) is 25.8. The van der Waals surface area contributed by atoms with Crippen LogP contribution in [0.15, 0.2) is 12.1 Å². The average Bonchev–Trinajstić information content (AvgIpc) is 2.55. The van der Waals surface area contributed by atoms with E-state index in [4.69, 9.17) is 4.74 Å². The second-order valence-electron chi connectivity index (χ2n) is 6.08. The molecule has 1 aromatic rings. The number of alkyl carbamates (subject to hydrolysis) is 1. The summed E-state index contributed by atoms with van der Waals surface area (Å²) in [6.07, 6.45) is -0.422. The fourth-order valence-electron chi connectivity index (χ4n) is 2.79. The Balaban J connectivity index is 2.16. The van der Waals surface area contributed by atoms with Gasteiger partial charge in [0.2, 0.25) is 5.91 Å².